The second kappa shape index (κ2) is 5.98. The molecule has 4 nitrogen and oxygen atoms in total. The van der Waals surface area contributed by atoms with Gasteiger partial charge in [0.05, 0.1) is 12.2 Å². The lowest BCUT2D eigenvalue weighted by Gasteiger charge is -2.26. The zero-order chi connectivity index (χ0) is 15.8. The first-order valence-corrected chi connectivity index (χ1v) is 8.32. The van der Waals surface area contributed by atoms with E-state index < -0.39 is 38.7 Å². The highest BCUT2D eigenvalue weighted by Gasteiger charge is 2.35. The summed E-state index contributed by atoms with van der Waals surface area (Å²) in [6.07, 6.45) is 1.93. The molecule has 0 unspecified atom stereocenters. The van der Waals surface area contributed by atoms with E-state index in [4.69, 9.17) is 5.11 Å². The Labute approximate surface area is 123 Å². The summed E-state index contributed by atoms with van der Waals surface area (Å²) >= 11 is 0. The minimum absolute atomic E-state index is 0.308. The second-order valence-electron chi connectivity index (χ2n) is 5.61. The van der Waals surface area contributed by atoms with E-state index in [2.05, 4.69) is 0 Å². The number of nitrogens with zero attached hydrogens (tertiary/aromatic N) is 1. The molecule has 1 aliphatic carbocycles. The van der Waals surface area contributed by atoms with E-state index in [1.807, 2.05) is 0 Å². The van der Waals surface area contributed by atoms with Gasteiger partial charge in [0.2, 0.25) is 10.0 Å². The molecule has 0 aromatic heterocycles. The molecule has 0 spiro atoms. The summed E-state index contributed by atoms with van der Waals surface area (Å²) < 4.78 is 54.1. The van der Waals surface area contributed by atoms with Crippen LogP contribution in [0.3, 0.4) is 0 Å². The van der Waals surface area contributed by atoms with Crippen molar-refractivity contribution in [2.45, 2.75) is 44.2 Å². The van der Waals surface area contributed by atoms with Crippen molar-refractivity contribution in [3.05, 3.63) is 29.3 Å². The Morgan fingerprint density at radius 2 is 1.95 bits per heavy atom. The summed E-state index contributed by atoms with van der Waals surface area (Å²) in [6, 6.07) is 1.47. The molecule has 1 fully saturated rings. The van der Waals surface area contributed by atoms with Gasteiger partial charge in [0, 0.05) is 12.6 Å². The highest BCUT2D eigenvalue weighted by atomic mass is 32.2. The first kappa shape index (κ1) is 16.3. The van der Waals surface area contributed by atoms with Gasteiger partial charge >= 0.3 is 0 Å². The molecule has 0 bridgehead atoms. The van der Waals surface area contributed by atoms with E-state index in [0.717, 1.165) is 25.0 Å². The molecule has 1 aromatic carbocycles. The molecule has 2 rings (SSSR count). The average molecular weight is 319 g/mol. The molecular formula is C14H19F2NO3S. The summed E-state index contributed by atoms with van der Waals surface area (Å²) in [4.78, 5) is -0.581. The van der Waals surface area contributed by atoms with Gasteiger partial charge < -0.3 is 5.11 Å². The van der Waals surface area contributed by atoms with E-state index in [1.165, 1.54) is 4.31 Å². The molecule has 1 N–H and O–H groups in total. The molecule has 0 atom stereocenters. The number of aliphatic hydroxyl groups excluding tert-OH is 1. The lowest BCUT2D eigenvalue weighted by Crippen LogP contribution is -2.39. The van der Waals surface area contributed by atoms with Crippen LogP contribution in [0.4, 0.5) is 8.78 Å². The molecule has 1 aliphatic rings. The fraction of sp³-hybridized carbons (Fsp3) is 0.571. The number of halogens is 2. The summed E-state index contributed by atoms with van der Waals surface area (Å²) in [5.41, 5.74) is -0.619. The Bertz CT molecular complexity index is 627. The van der Waals surface area contributed by atoms with E-state index in [0.29, 0.717) is 12.5 Å². The molecule has 0 heterocycles. The van der Waals surface area contributed by atoms with Crippen LogP contribution in [-0.4, -0.2) is 30.4 Å². The van der Waals surface area contributed by atoms with Crippen LogP contribution in [-0.2, 0) is 16.6 Å². The Morgan fingerprint density at radius 3 is 2.43 bits per heavy atom. The maximum absolute atomic E-state index is 14.2. The largest absolute Gasteiger partial charge is 0.391 e. The Balaban J connectivity index is 2.46. The van der Waals surface area contributed by atoms with Gasteiger partial charge in [-0.15, -0.1) is 0 Å². The molecule has 0 aliphatic heterocycles. The number of benzene rings is 1. The van der Waals surface area contributed by atoms with Crippen molar-refractivity contribution in [3.63, 3.8) is 0 Å². The second-order valence-corrected chi connectivity index (χ2v) is 7.47. The van der Waals surface area contributed by atoms with Gasteiger partial charge in [-0.2, -0.15) is 4.31 Å². The minimum Gasteiger partial charge on any atom is -0.391 e. The Kier molecular flexibility index (Phi) is 4.65. The van der Waals surface area contributed by atoms with Gasteiger partial charge in [0.25, 0.3) is 0 Å². The third-order valence-electron chi connectivity index (χ3n) is 3.61. The van der Waals surface area contributed by atoms with Gasteiger partial charge in [-0.05, 0) is 44.7 Å². The normalized spacial score (nSPS) is 16.0. The van der Waals surface area contributed by atoms with Gasteiger partial charge in [-0.3, -0.25) is 0 Å². The highest BCUT2D eigenvalue weighted by Crippen LogP contribution is 2.33. The minimum atomic E-state index is -4.05. The number of hydrogen-bond donors (Lipinski definition) is 1. The van der Waals surface area contributed by atoms with Gasteiger partial charge in [0.15, 0.2) is 5.82 Å². The van der Waals surface area contributed by atoms with Crippen LogP contribution in [0.2, 0.25) is 0 Å². The van der Waals surface area contributed by atoms with E-state index in [9.17, 15) is 17.2 Å². The predicted octanol–water partition coefficient (Wildman–Crippen LogP) is 2.27. The van der Waals surface area contributed by atoms with Crippen molar-refractivity contribution >= 4 is 10.0 Å². The van der Waals surface area contributed by atoms with Gasteiger partial charge in [-0.1, -0.05) is 0 Å². The molecular weight excluding hydrogens is 300 g/mol. The van der Waals surface area contributed by atoms with Crippen LogP contribution in [0.15, 0.2) is 17.0 Å². The number of rotatable bonds is 6. The maximum atomic E-state index is 14.2. The van der Waals surface area contributed by atoms with Crippen molar-refractivity contribution in [2.24, 2.45) is 5.92 Å². The van der Waals surface area contributed by atoms with Crippen LogP contribution in [0.5, 0.6) is 0 Å². The molecule has 1 saturated carbocycles. The average Bonchev–Trinajstić information content (AvgIpc) is 3.19. The van der Waals surface area contributed by atoms with Crippen molar-refractivity contribution in [1.82, 2.24) is 4.31 Å². The van der Waals surface area contributed by atoms with E-state index >= 15 is 0 Å². The monoisotopic (exact) mass is 319 g/mol. The lowest BCUT2D eigenvalue weighted by molar-refractivity contribution is 0.267. The topological polar surface area (TPSA) is 57.6 Å². The van der Waals surface area contributed by atoms with Crippen LogP contribution in [0.25, 0.3) is 0 Å². The highest BCUT2D eigenvalue weighted by molar-refractivity contribution is 7.89. The zero-order valence-corrected chi connectivity index (χ0v) is 12.8. The summed E-state index contributed by atoms with van der Waals surface area (Å²) in [5, 5.41) is 9.00. The molecule has 21 heavy (non-hydrogen) atoms. The van der Waals surface area contributed by atoms with Crippen molar-refractivity contribution in [1.29, 1.82) is 0 Å². The zero-order valence-electron chi connectivity index (χ0n) is 12.0. The van der Waals surface area contributed by atoms with Crippen molar-refractivity contribution < 1.29 is 22.3 Å². The molecule has 1 aromatic rings. The molecule has 0 radical (unpaired) electrons. The molecule has 118 valence electrons. The van der Waals surface area contributed by atoms with Crippen LogP contribution >= 0.6 is 0 Å². The van der Waals surface area contributed by atoms with Crippen molar-refractivity contribution in [2.75, 3.05) is 6.54 Å². The Hall–Kier alpha value is -1.05. The maximum Gasteiger partial charge on any atom is 0.246 e. The molecule has 0 saturated heterocycles. The fourth-order valence-electron chi connectivity index (χ4n) is 2.19. The molecule has 0 amide bonds. The SMILES string of the molecule is CC(C)N(CC1CC1)S(=O)(=O)c1ccc(F)c(CO)c1F. The van der Waals surface area contributed by atoms with Crippen molar-refractivity contribution in [3.8, 4) is 0 Å². The third kappa shape index (κ3) is 3.25. The number of aliphatic hydroxyl groups is 1. The summed E-state index contributed by atoms with van der Waals surface area (Å²) in [7, 11) is -4.05. The van der Waals surface area contributed by atoms with Crippen LogP contribution in [0.1, 0.15) is 32.3 Å². The number of sulfonamides is 1. The predicted molar refractivity (Wildman–Crippen MR) is 74.0 cm³/mol. The van der Waals surface area contributed by atoms with Crippen LogP contribution < -0.4 is 0 Å². The third-order valence-corrected chi connectivity index (χ3v) is 5.67. The van der Waals surface area contributed by atoms with E-state index in [1.54, 1.807) is 13.8 Å². The van der Waals surface area contributed by atoms with Gasteiger partial charge in [0.1, 0.15) is 10.7 Å². The standard InChI is InChI=1S/C14H19F2NO3S/c1-9(2)17(7-10-3-4-10)21(19,20)13-6-5-12(15)11(8-18)14(13)16/h5-6,9-10,18H,3-4,7-8H2,1-2H3. The summed E-state index contributed by atoms with van der Waals surface area (Å²) in [6.45, 7) is 2.89. The lowest BCUT2D eigenvalue weighted by atomic mass is 10.2. The molecule has 7 heteroatoms. The summed E-state index contributed by atoms with van der Waals surface area (Å²) in [5.74, 6) is -1.85. The van der Waals surface area contributed by atoms with Gasteiger partial charge in [-0.25, -0.2) is 17.2 Å². The van der Waals surface area contributed by atoms with E-state index in [-0.39, 0.29) is 6.04 Å². The quantitative estimate of drug-likeness (QED) is 0.875. The first-order chi connectivity index (χ1) is 9.78. The first-order valence-electron chi connectivity index (χ1n) is 6.88. The fourth-order valence-corrected chi connectivity index (χ4v) is 3.99. The smallest absolute Gasteiger partial charge is 0.246 e. The van der Waals surface area contributed by atoms with Crippen LogP contribution in [0, 0.1) is 17.6 Å². The number of hydrogen-bond acceptors (Lipinski definition) is 3. The Morgan fingerprint density at radius 1 is 1.33 bits per heavy atom.